The first kappa shape index (κ1) is 14.6. The Balaban J connectivity index is 1.50. The van der Waals surface area contributed by atoms with E-state index in [1.165, 1.54) is 6.42 Å². The Hall–Kier alpha value is -0.940. The lowest BCUT2D eigenvalue weighted by atomic mass is 9.81. The van der Waals surface area contributed by atoms with E-state index < -0.39 is 0 Å². The highest BCUT2D eigenvalue weighted by Crippen LogP contribution is 2.64. The molecule has 1 unspecified atom stereocenters. The van der Waals surface area contributed by atoms with Crippen molar-refractivity contribution in [1.82, 2.24) is 10.2 Å². The lowest BCUT2D eigenvalue weighted by Gasteiger charge is -2.29. The summed E-state index contributed by atoms with van der Waals surface area (Å²) < 4.78 is 17.5. The highest BCUT2D eigenvalue weighted by molar-refractivity contribution is 5.17. The highest BCUT2D eigenvalue weighted by Gasteiger charge is 2.58. The van der Waals surface area contributed by atoms with Gasteiger partial charge in [-0.05, 0) is 36.5 Å². The minimum absolute atomic E-state index is 0.0946. The first-order valence-corrected chi connectivity index (χ1v) is 8.52. The first-order valence-electron chi connectivity index (χ1n) is 8.52. The SMILES string of the molecule is CC(C)(C)[C@H]1OCC[C@@H]1c1nnc(C2CC23CCOCC3)o1. The molecule has 122 valence electrons. The van der Waals surface area contributed by atoms with Crippen LogP contribution in [0.3, 0.4) is 0 Å². The quantitative estimate of drug-likeness (QED) is 0.839. The van der Waals surface area contributed by atoms with E-state index in [2.05, 4.69) is 31.0 Å². The largest absolute Gasteiger partial charge is 0.425 e. The Morgan fingerprint density at radius 3 is 2.50 bits per heavy atom. The molecule has 3 aliphatic rings. The molecule has 2 aliphatic heterocycles. The number of nitrogens with zero attached hydrogens (tertiary/aromatic N) is 2. The number of ether oxygens (including phenoxy) is 2. The molecule has 4 rings (SSSR count). The zero-order chi connectivity index (χ0) is 15.4. The smallest absolute Gasteiger partial charge is 0.222 e. The van der Waals surface area contributed by atoms with Gasteiger partial charge in [-0.3, -0.25) is 0 Å². The second-order valence-electron chi connectivity index (χ2n) is 8.26. The molecule has 3 atom stereocenters. The fourth-order valence-corrected chi connectivity index (χ4v) is 4.26. The fourth-order valence-electron chi connectivity index (χ4n) is 4.26. The van der Waals surface area contributed by atoms with E-state index in [1.54, 1.807) is 0 Å². The maximum atomic E-state index is 6.10. The summed E-state index contributed by atoms with van der Waals surface area (Å²) in [4.78, 5) is 0. The number of aromatic nitrogens is 2. The predicted octanol–water partition coefficient (Wildman–Crippen LogP) is 3.27. The number of rotatable bonds is 2. The molecule has 5 nitrogen and oxygen atoms in total. The van der Waals surface area contributed by atoms with Crippen LogP contribution in [0.25, 0.3) is 0 Å². The van der Waals surface area contributed by atoms with Crippen LogP contribution in [0, 0.1) is 10.8 Å². The third-order valence-electron chi connectivity index (χ3n) is 5.70. The molecule has 0 amide bonds. The number of hydrogen-bond acceptors (Lipinski definition) is 5. The minimum atomic E-state index is 0.0946. The Kier molecular flexibility index (Phi) is 3.35. The predicted molar refractivity (Wildman–Crippen MR) is 80.7 cm³/mol. The summed E-state index contributed by atoms with van der Waals surface area (Å²) in [6.07, 6.45) is 4.59. The van der Waals surface area contributed by atoms with Gasteiger partial charge in [0, 0.05) is 25.7 Å². The Bertz CT molecular complexity index is 542. The van der Waals surface area contributed by atoms with Gasteiger partial charge >= 0.3 is 0 Å². The summed E-state index contributed by atoms with van der Waals surface area (Å²) in [6, 6.07) is 0. The van der Waals surface area contributed by atoms with Crippen LogP contribution in [0.5, 0.6) is 0 Å². The molecule has 22 heavy (non-hydrogen) atoms. The van der Waals surface area contributed by atoms with E-state index in [0.29, 0.717) is 11.3 Å². The molecule has 1 aromatic heterocycles. The minimum Gasteiger partial charge on any atom is -0.425 e. The summed E-state index contributed by atoms with van der Waals surface area (Å²) in [5.41, 5.74) is 0.481. The van der Waals surface area contributed by atoms with Crippen molar-refractivity contribution in [3.05, 3.63) is 11.8 Å². The summed E-state index contributed by atoms with van der Waals surface area (Å²) >= 11 is 0. The third-order valence-corrected chi connectivity index (χ3v) is 5.70. The standard InChI is InChI=1S/C17H26N2O3/c1-16(2,3)13-11(4-7-21-13)14-18-19-15(22-14)12-10-17(12)5-8-20-9-6-17/h11-13H,4-10H2,1-3H3/t11-,12?,13-/m0/s1. The van der Waals surface area contributed by atoms with Crippen LogP contribution in [-0.4, -0.2) is 36.1 Å². The molecule has 0 aromatic carbocycles. The van der Waals surface area contributed by atoms with Crippen LogP contribution >= 0.6 is 0 Å². The van der Waals surface area contributed by atoms with Crippen molar-refractivity contribution in [2.45, 2.75) is 64.4 Å². The summed E-state index contributed by atoms with van der Waals surface area (Å²) in [5, 5.41) is 8.75. The third kappa shape index (κ3) is 2.38. The van der Waals surface area contributed by atoms with Crippen molar-refractivity contribution in [1.29, 1.82) is 0 Å². The normalized spacial score (nSPS) is 34.2. The fraction of sp³-hybridized carbons (Fsp3) is 0.882. The topological polar surface area (TPSA) is 57.4 Å². The van der Waals surface area contributed by atoms with E-state index in [1.807, 2.05) is 0 Å². The second kappa shape index (κ2) is 5.03. The van der Waals surface area contributed by atoms with E-state index in [-0.39, 0.29) is 17.4 Å². The molecule has 2 saturated heterocycles. The molecule has 0 N–H and O–H groups in total. The zero-order valence-corrected chi connectivity index (χ0v) is 13.8. The summed E-state index contributed by atoms with van der Waals surface area (Å²) in [5.74, 6) is 2.32. The first-order chi connectivity index (χ1) is 10.5. The van der Waals surface area contributed by atoms with Gasteiger partial charge in [0.05, 0.1) is 12.0 Å². The average Bonchev–Trinajstić information content (AvgIpc) is 2.92. The van der Waals surface area contributed by atoms with Crippen LogP contribution in [-0.2, 0) is 9.47 Å². The van der Waals surface area contributed by atoms with Gasteiger partial charge in [-0.1, -0.05) is 20.8 Å². The molecule has 0 bridgehead atoms. The van der Waals surface area contributed by atoms with Crippen LogP contribution in [0.2, 0.25) is 0 Å². The van der Waals surface area contributed by atoms with Crippen molar-refractivity contribution in [2.75, 3.05) is 19.8 Å². The van der Waals surface area contributed by atoms with Crippen LogP contribution in [0.4, 0.5) is 0 Å². The molecule has 3 fully saturated rings. The van der Waals surface area contributed by atoms with E-state index >= 15 is 0 Å². The van der Waals surface area contributed by atoms with Crippen molar-refractivity contribution in [3.63, 3.8) is 0 Å². The van der Waals surface area contributed by atoms with Crippen molar-refractivity contribution in [2.24, 2.45) is 10.8 Å². The van der Waals surface area contributed by atoms with Gasteiger partial charge in [-0.25, -0.2) is 0 Å². The Morgan fingerprint density at radius 1 is 1.05 bits per heavy atom. The Morgan fingerprint density at radius 2 is 1.77 bits per heavy atom. The number of hydrogen-bond donors (Lipinski definition) is 0. The summed E-state index contributed by atoms with van der Waals surface area (Å²) in [7, 11) is 0. The molecule has 1 aliphatic carbocycles. The molecular formula is C17H26N2O3. The van der Waals surface area contributed by atoms with Gasteiger partial charge < -0.3 is 13.9 Å². The molecule has 1 aromatic rings. The molecular weight excluding hydrogens is 280 g/mol. The lowest BCUT2D eigenvalue weighted by molar-refractivity contribution is 0.0169. The van der Waals surface area contributed by atoms with Gasteiger partial charge in [0.15, 0.2) is 0 Å². The van der Waals surface area contributed by atoms with Gasteiger partial charge in [-0.2, -0.15) is 0 Å². The molecule has 0 radical (unpaired) electrons. The highest BCUT2D eigenvalue weighted by atomic mass is 16.5. The zero-order valence-electron chi connectivity index (χ0n) is 13.8. The maximum absolute atomic E-state index is 6.10. The van der Waals surface area contributed by atoms with Crippen LogP contribution in [0.1, 0.15) is 70.1 Å². The second-order valence-corrected chi connectivity index (χ2v) is 8.26. The monoisotopic (exact) mass is 306 g/mol. The van der Waals surface area contributed by atoms with Gasteiger partial charge in [0.2, 0.25) is 11.8 Å². The van der Waals surface area contributed by atoms with E-state index in [4.69, 9.17) is 13.9 Å². The van der Waals surface area contributed by atoms with Crippen molar-refractivity contribution < 1.29 is 13.9 Å². The van der Waals surface area contributed by atoms with E-state index in [9.17, 15) is 0 Å². The molecule has 1 spiro atoms. The van der Waals surface area contributed by atoms with Gasteiger partial charge in [0.1, 0.15) is 0 Å². The van der Waals surface area contributed by atoms with Crippen molar-refractivity contribution >= 4 is 0 Å². The lowest BCUT2D eigenvalue weighted by Crippen LogP contribution is -2.30. The van der Waals surface area contributed by atoms with E-state index in [0.717, 1.165) is 50.9 Å². The van der Waals surface area contributed by atoms with Crippen LogP contribution < -0.4 is 0 Å². The van der Waals surface area contributed by atoms with Crippen LogP contribution in [0.15, 0.2) is 4.42 Å². The maximum Gasteiger partial charge on any atom is 0.222 e. The molecule has 1 saturated carbocycles. The van der Waals surface area contributed by atoms with Gasteiger partial charge in [-0.15, -0.1) is 10.2 Å². The summed E-state index contributed by atoms with van der Waals surface area (Å²) in [6.45, 7) is 9.18. The molecule has 5 heteroatoms. The average molecular weight is 306 g/mol. The molecule has 3 heterocycles. The van der Waals surface area contributed by atoms with Gasteiger partial charge in [0.25, 0.3) is 0 Å². The van der Waals surface area contributed by atoms with Crippen molar-refractivity contribution in [3.8, 4) is 0 Å². The Labute approximate surface area is 131 Å².